The van der Waals surface area contributed by atoms with Crippen molar-refractivity contribution in [2.45, 2.75) is 0 Å². The van der Waals surface area contributed by atoms with Gasteiger partial charge in [0.05, 0.1) is 11.2 Å². The van der Waals surface area contributed by atoms with Gasteiger partial charge in [-0.2, -0.15) is 0 Å². The number of carboxylic acids is 1. The maximum atomic E-state index is 10.7. The van der Waals surface area contributed by atoms with Crippen LogP contribution in [0.15, 0.2) is 18.2 Å². The number of anilines is 2. The van der Waals surface area contributed by atoms with Crippen molar-refractivity contribution in [3.05, 3.63) is 23.9 Å². The van der Waals surface area contributed by atoms with E-state index in [9.17, 15) is 9.90 Å². The Kier molecular flexibility index (Phi) is 2.05. The first-order valence-electron chi connectivity index (χ1n) is 4.41. The van der Waals surface area contributed by atoms with Crippen molar-refractivity contribution in [3.8, 4) is 5.75 Å². The highest BCUT2D eigenvalue weighted by Gasteiger charge is 2.12. The molecule has 0 fully saturated rings. The largest absolute Gasteiger partial charge is 0.507 e. The first-order valence-corrected chi connectivity index (χ1v) is 4.41. The average molecular weight is 219 g/mol. The molecule has 0 bridgehead atoms. The summed E-state index contributed by atoms with van der Waals surface area (Å²) in [6, 6.07) is 4.00. The van der Waals surface area contributed by atoms with Crippen molar-refractivity contribution in [3.63, 3.8) is 0 Å². The number of nitrogens with two attached hydrogens (primary N) is 2. The number of nitrogens with zero attached hydrogens (tertiary/aromatic N) is 1. The van der Waals surface area contributed by atoms with E-state index < -0.39 is 5.97 Å². The van der Waals surface area contributed by atoms with Gasteiger partial charge in [-0.25, -0.2) is 9.78 Å². The number of pyridine rings is 1. The average Bonchev–Trinajstić information content (AvgIpc) is 2.19. The predicted octanol–water partition coefficient (Wildman–Crippen LogP) is 0.803. The Labute approximate surface area is 90.1 Å². The van der Waals surface area contributed by atoms with Crippen molar-refractivity contribution >= 4 is 28.2 Å². The topological polar surface area (TPSA) is 122 Å². The molecular formula is C10H9N3O3. The minimum Gasteiger partial charge on any atom is -0.507 e. The van der Waals surface area contributed by atoms with Gasteiger partial charge in [0.1, 0.15) is 5.75 Å². The second-order valence-corrected chi connectivity index (χ2v) is 3.34. The maximum absolute atomic E-state index is 10.7. The van der Waals surface area contributed by atoms with Crippen LogP contribution >= 0.6 is 0 Å². The Hall–Kier alpha value is -2.50. The molecular weight excluding hydrogens is 210 g/mol. The molecule has 0 radical (unpaired) electrons. The van der Waals surface area contributed by atoms with E-state index in [-0.39, 0.29) is 22.6 Å². The fourth-order valence-electron chi connectivity index (χ4n) is 1.47. The molecule has 2 rings (SSSR count). The van der Waals surface area contributed by atoms with Crippen LogP contribution in [-0.4, -0.2) is 21.2 Å². The Balaban J connectivity index is 2.87. The normalized spacial score (nSPS) is 10.5. The van der Waals surface area contributed by atoms with Gasteiger partial charge in [-0.15, -0.1) is 0 Å². The predicted molar refractivity (Wildman–Crippen MR) is 59.2 cm³/mol. The lowest BCUT2D eigenvalue weighted by molar-refractivity contribution is 0.0690. The molecule has 82 valence electrons. The number of aromatic hydroxyl groups is 1. The highest BCUT2D eigenvalue weighted by atomic mass is 16.4. The van der Waals surface area contributed by atoms with E-state index in [0.717, 1.165) is 6.07 Å². The summed E-state index contributed by atoms with van der Waals surface area (Å²) in [4.78, 5) is 14.6. The van der Waals surface area contributed by atoms with Crippen LogP contribution in [0.5, 0.6) is 5.75 Å². The maximum Gasteiger partial charge on any atom is 0.354 e. The van der Waals surface area contributed by atoms with Crippen LogP contribution < -0.4 is 11.5 Å². The zero-order chi connectivity index (χ0) is 11.9. The second kappa shape index (κ2) is 3.27. The lowest BCUT2D eigenvalue weighted by atomic mass is 10.1. The van der Waals surface area contributed by atoms with Crippen molar-refractivity contribution in [1.82, 2.24) is 4.98 Å². The van der Waals surface area contributed by atoms with E-state index in [1.807, 2.05) is 0 Å². The second-order valence-electron chi connectivity index (χ2n) is 3.34. The molecule has 0 saturated heterocycles. The number of hydrogen-bond donors (Lipinski definition) is 4. The van der Waals surface area contributed by atoms with Crippen LogP contribution in [0.25, 0.3) is 10.9 Å². The number of aromatic nitrogens is 1. The third-order valence-corrected chi connectivity index (χ3v) is 2.16. The number of benzene rings is 1. The van der Waals surface area contributed by atoms with Crippen molar-refractivity contribution in [2.24, 2.45) is 0 Å². The molecule has 6 heteroatoms. The van der Waals surface area contributed by atoms with E-state index in [1.54, 1.807) is 0 Å². The molecule has 0 atom stereocenters. The van der Waals surface area contributed by atoms with Gasteiger partial charge in [0.25, 0.3) is 0 Å². The van der Waals surface area contributed by atoms with Gasteiger partial charge >= 0.3 is 5.97 Å². The minimum absolute atomic E-state index is 0.207. The molecule has 0 spiro atoms. The Morgan fingerprint density at radius 3 is 2.56 bits per heavy atom. The first kappa shape index (κ1) is 10.0. The Morgan fingerprint density at radius 2 is 1.94 bits per heavy atom. The van der Waals surface area contributed by atoms with Gasteiger partial charge in [-0.05, 0) is 12.1 Å². The summed E-state index contributed by atoms with van der Waals surface area (Å²) in [5.74, 6) is -1.44. The molecule has 1 heterocycles. The zero-order valence-electron chi connectivity index (χ0n) is 8.14. The van der Waals surface area contributed by atoms with Crippen LogP contribution in [-0.2, 0) is 0 Å². The van der Waals surface area contributed by atoms with Gasteiger partial charge in [0.2, 0.25) is 0 Å². The lowest BCUT2D eigenvalue weighted by Gasteiger charge is -2.06. The number of fused-ring (bicyclic) bond motifs is 1. The molecule has 0 aliphatic heterocycles. The van der Waals surface area contributed by atoms with Crippen molar-refractivity contribution in [1.29, 1.82) is 0 Å². The number of aromatic carboxylic acids is 1. The van der Waals surface area contributed by atoms with Crippen molar-refractivity contribution in [2.75, 3.05) is 11.5 Å². The minimum atomic E-state index is -1.23. The smallest absolute Gasteiger partial charge is 0.354 e. The Bertz CT molecular complexity index is 595. The van der Waals surface area contributed by atoms with Gasteiger partial charge in [-0.3, -0.25) is 0 Å². The molecule has 2 aromatic rings. The molecule has 0 aliphatic rings. The summed E-state index contributed by atoms with van der Waals surface area (Å²) in [5, 5.41) is 18.7. The SMILES string of the molecule is Nc1cc(N)c2nc(C(=O)O)cc(O)c2c1. The van der Waals surface area contributed by atoms with E-state index in [0.29, 0.717) is 11.1 Å². The molecule has 6 nitrogen and oxygen atoms in total. The third kappa shape index (κ3) is 1.46. The number of hydrogen-bond acceptors (Lipinski definition) is 5. The summed E-state index contributed by atoms with van der Waals surface area (Å²) >= 11 is 0. The standard InChI is InChI=1S/C10H9N3O3/c11-4-1-5-8(14)3-7(10(15)16)13-9(5)6(12)2-4/h1-3H,11-12H2,(H,13,14)(H,15,16). The quantitative estimate of drug-likeness (QED) is 0.526. The molecule has 0 amide bonds. The summed E-state index contributed by atoms with van der Waals surface area (Å²) < 4.78 is 0. The van der Waals surface area contributed by atoms with Crippen molar-refractivity contribution < 1.29 is 15.0 Å². The van der Waals surface area contributed by atoms with E-state index in [1.165, 1.54) is 12.1 Å². The highest BCUT2D eigenvalue weighted by molar-refractivity contribution is 5.99. The van der Waals surface area contributed by atoms with Crippen LogP contribution in [0.2, 0.25) is 0 Å². The van der Waals surface area contributed by atoms with E-state index in [2.05, 4.69) is 4.98 Å². The summed E-state index contributed by atoms with van der Waals surface area (Å²) in [6.45, 7) is 0. The highest BCUT2D eigenvalue weighted by Crippen LogP contribution is 2.30. The Morgan fingerprint density at radius 1 is 1.25 bits per heavy atom. The fourth-order valence-corrected chi connectivity index (χ4v) is 1.47. The molecule has 1 aromatic heterocycles. The van der Waals surface area contributed by atoms with E-state index >= 15 is 0 Å². The number of rotatable bonds is 1. The summed E-state index contributed by atoms with van der Waals surface area (Å²) in [6.07, 6.45) is 0. The molecule has 1 aromatic carbocycles. The molecule has 0 unspecified atom stereocenters. The van der Waals surface area contributed by atoms with E-state index in [4.69, 9.17) is 16.6 Å². The lowest BCUT2D eigenvalue weighted by Crippen LogP contribution is -2.02. The van der Waals surface area contributed by atoms with Crippen LogP contribution in [0.4, 0.5) is 11.4 Å². The third-order valence-electron chi connectivity index (χ3n) is 2.16. The van der Waals surface area contributed by atoms with Gasteiger partial charge < -0.3 is 21.7 Å². The van der Waals surface area contributed by atoms with Gasteiger partial charge in [0, 0.05) is 17.1 Å². The molecule has 16 heavy (non-hydrogen) atoms. The van der Waals surface area contributed by atoms with Crippen LogP contribution in [0, 0.1) is 0 Å². The van der Waals surface area contributed by atoms with Gasteiger partial charge in [0.15, 0.2) is 5.69 Å². The number of carbonyl (C=O) groups is 1. The first-order chi connectivity index (χ1) is 7.49. The van der Waals surface area contributed by atoms with Crippen LogP contribution in [0.3, 0.4) is 0 Å². The van der Waals surface area contributed by atoms with Crippen LogP contribution in [0.1, 0.15) is 10.5 Å². The molecule has 0 saturated carbocycles. The summed E-state index contributed by atoms with van der Waals surface area (Å²) in [7, 11) is 0. The fraction of sp³-hybridized carbons (Fsp3) is 0. The number of carboxylic acid groups (broad SMARTS) is 1. The molecule has 0 aliphatic carbocycles. The van der Waals surface area contributed by atoms with Gasteiger partial charge in [-0.1, -0.05) is 0 Å². The number of nitrogen functional groups attached to an aromatic ring is 2. The molecule has 6 N–H and O–H groups in total. The zero-order valence-corrected chi connectivity index (χ0v) is 8.14. The monoisotopic (exact) mass is 219 g/mol. The summed E-state index contributed by atoms with van der Waals surface area (Å²) in [5.41, 5.74) is 11.8.